The van der Waals surface area contributed by atoms with Crippen LogP contribution >= 0.6 is 0 Å². The van der Waals surface area contributed by atoms with Crippen LogP contribution in [0, 0.1) is 23.7 Å². The molecule has 220 valence electrons. The smallest absolute Gasteiger partial charge is 0.321 e. The second-order valence-corrected chi connectivity index (χ2v) is 11.2. The summed E-state index contributed by atoms with van der Waals surface area (Å²) in [5.74, 6) is -3.37. The van der Waals surface area contributed by atoms with Crippen molar-refractivity contribution in [3.63, 3.8) is 0 Å². The van der Waals surface area contributed by atoms with Gasteiger partial charge in [-0.3, -0.25) is 19.2 Å². The third kappa shape index (κ3) is 12.2. The number of carbonyl (C=O) groups is 4. The summed E-state index contributed by atoms with van der Waals surface area (Å²) < 4.78 is 16.6. The van der Waals surface area contributed by atoms with Crippen molar-refractivity contribution in [2.24, 2.45) is 29.4 Å². The third-order valence-corrected chi connectivity index (χ3v) is 6.55. The van der Waals surface area contributed by atoms with Crippen LogP contribution in [0.5, 0.6) is 11.5 Å². The Morgan fingerprint density at radius 2 is 1.38 bits per heavy atom. The zero-order valence-corrected chi connectivity index (χ0v) is 24.5. The number of carboxylic acid groups (broad SMARTS) is 1. The van der Waals surface area contributed by atoms with Gasteiger partial charge in [-0.15, -0.1) is 0 Å². The predicted molar refractivity (Wildman–Crippen MR) is 148 cm³/mol. The minimum Gasteiger partial charge on any atom is -0.480 e. The molecule has 4 atom stereocenters. The summed E-state index contributed by atoms with van der Waals surface area (Å²) in [6.45, 7) is 13.5. The molecule has 1 aromatic carbocycles. The van der Waals surface area contributed by atoms with Crippen LogP contribution in [0.2, 0.25) is 0 Å². The van der Waals surface area contributed by atoms with Crippen LogP contribution in [0.4, 0.5) is 0 Å². The lowest BCUT2D eigenvalue weighted by Gasteiger charge is -2.28. The van der Waals surface area contributed by atoms with E-state index in [1.54, 1.807) is 19.9 Å². The number of aliphatic carboxylic acids is 1. The van der Waals surface area contributed by atoms with Crippen molar-refractivity contribution >= 4 is 23.9 Å². The summed E-state index contributed by atoms with van der Waals surface area (Å²) in [5.41, 5.74) is 6.56. The van der Waals surface area contributed by atoms with Crippen molar-refractivity contribution in [3.8, 4) is 11.5 Å². The van der Waals surface area contributed by atoms with Crippen molar-refractivity contribution < 1.29 is 38.5 Å². The molecule has 1 aromatic rings. The van der Waals surface area contributed by atoms with Gasteiger partial charge in [-0.25, -0.2) is 0 Å². The van der Waals surface area contributed by atoms with Gasteiger partial charge in [0.05, 0.1) is 12.5 Å². The monoisotopic (exact) mass is 549 g/mol. The van der Waals surface area contributed by atoms with Crippen LogP contribution in [-0.4, -0.2) is 41.6 Å². The Morgan fingerprint density at radius 3 is 1.87 bits per heavy atom. The van der Waals surface area contributed by atoms with Crippen molar-refractivity contribution in [1.82, 2.24) is 0 Å². The number of ether oxygens (including phenoxy) is 3. The Hall–Kier alpha value is -2.94. The number of benzene rings is 1. The summed E-state index contributed by atoms with van der Waals surface area (Å²) in [6.07, 6.45) is 3.16. The Bertz CT molecular complexity index is 958. The maximum absolute atomic E-state index is 12.6. The maximum atomic E-state index is 12.6. The minimum atomic E-state index is -1.32. The van der Waals surface area contributed by atoms with Gasteiger partial charge in [0.15, 0.2) is 11.5 Å². The first-order valence-electron chi connectivity index (χ1n) is 14.0. The number of hydrogen-bond acceptors (Lipinski definition) is 8. The Balaban J connectivity index is 3.32. The van der Waals surface area contributed by atoms with E-state index in [4.69, 9.17) is 19.9 Å². The average molecular weight is 550 g/mol. The molecule has 0 bridgehead atoms. The average Bonchev–Trinajstić information content (AvgIpc) is 2.86. The van der Waals surface area contributed by atoms with E-state index in [9.17, 15) is 24.3 Å². The lowest BCUT2D eigenvalue weighted by molar-refractivity contribution is -0.150. The lowest BCUT2D eigenvalue weighted by atomic mass is 9.82. The first-order valence-corrected chi connectivity index (χ1v) is 14.0. The fourth-order valence-electron chi connectivity index (χ4n) is 4.11. The molecule has 0 aromatic heterocycles. The van der Waals surface area contributed by atoms with Crippen molar-refractivity contribution in [3.05, 3.63) is 23.8 Å². The number of esters is 3. The molecule has 0 heterocycles. The molecule has 0 saturated carbocycles. The number of carbonyl (C=O) groups excluding carboxylic acids is 3. The molecule has 9 heteroatoms. The van der Waals surface area contributed by atoms with E-state index in [0.29, 0.717) is 36.7 Å². The summed E-state index contributed by atoms with van der Waals surface area (Å²) in [6, 6.07) is 3.25. The van der Waals surface area contributed by atoms with E-state index in [2.05, 4.69) is 0 Å². The van der Waals surface area contributed by atoms with E-state index >= 15 is 0 Å². The molecule has 1 rings (SSSR count). The van der Waals surface area contributed by atoms with Crippen LogP contribution in [-0.2, 0) is 23.9 Å². The second kappa shape index (κ2) is 16.9. The van der Waals surface area contributed by atoms with Gasteiger partial charge in [-0.05, 0) is 54.7 Å². The van der Waals surface area contributed by atoms with E-state index in [1.165, 1.54) is 12.1 Å². The Kier molecular flexibility index (Phi) is 14.8. The van der Waals surface area contributed by atoms with Crippen molar-refractivity contribution in [2.45, 2.75) is 99.0 Å². The van der Waals surface area contributed by atoms with Gasteiger partial charge < -0.3 is 25.1 Å². The van der Waals surface area contributed by atoms with Crippen molar-refractivity contribution in [2.75, 3.05) is 6.61 Å². The van der Waals surface area contributed by atoms with Gasteiger partial charge in [-0.2, -0.15) is 0 Å². The summed E-state index contributed by atoms with van der Waals surface area (Å²) in [7, 11) is 0. The van der Waals surface area contributed by atoms with E-state index < -0.39 is 35.8 Å². The van der Waals surface area contributed by atoms with Crippen LogP contribution in [0.15, 0.2) is 18.2 Å². The highest BCUT2D eigenvalue weighted by Crippen LogP contribution is 2.36. The molecule has 9 nitrogen and oxygen atoms in total. The molecule has 39 heavy (non-hydrogen) atoms. The standard InChI is InChI=1S/C30H47NO8/c1-8-9-20(6)30(36)37-17-21(7)27(28(31)29(34)35)22-12-13-23(38-25(32)14-10-18(2)3)24(16-22)39-26(33)15-11-19(4)5/h12-13,16,18-21,27-28H,8-11,14-15,17,31H2,1-7H3,(H,34,35)/t20?,21?,27?,28-/m0/s1. The highest BCUT2D eigenvalue weighted by molar-refractivity contribution is 5.77. The molecule has 0 amide bonds. The van der Waals surface area contributed by atoms with Gasteiger partial charge in [0.2, 0.25) is 0 Å². The summed E-state index contributed by atoms with van der Waals surface area (Å²) in [5, 5.41) is 9.72. The first-order chi connectivity index (χ1) is 18.3. The molecule has 0 aliphatic carbocycles. The van der Waals surface area contributed by atoms with E-state index in [0.717, 1.165) is 6.42 Å². The minimum absolute atomic E-state index is 0.0162. The summed E-state index contributed by atoms with van der Waals surface area (Å²) >= 11 is 0. The number of carboxylic acids is 1. The van der Waals surface area contributed by atoms with Crippen LogP contribution < -0.4 is 15.2 Å². The molecule has 3 unspecified atom stereocenters. The van der Waals surface area contributed by atoms with Gasteiger partial charge in [0.25, 0.3) is 0 Å². The van der Waals surface area contributed by atoms with Gasteiger partial charge >= 0.3 is 23.9 Å². The molecule has 0 spiro atoms. The zero-order chi connectivity index (χ0) is 29.7. The van der Waals surface area contributed by atoms with Gasteiger partial charge in [-0.1, -0.05) is 61.0 Å². The molecule has 0 saturated heterocycles. The van der Waals surface area contributed by atoms with Crippen LogP contribution in [0.3, 0.4) is 0 Å². The van der Waals surface area contributed by atoms with E-state index in [-0.39, 0.29) is 42.8 Å². The largest absolute Gasteiger partial charge is 0.480 e. The topological polar surface area (TPSA) is 142 Å². The predicted octanol–water partition coefficient (Wildman–Crippen LogP) is 5.48. The number of rotatable bonds is 17. The zero-order valence-electron chi connectivity index (χ0n) is 24.5. The maximum Gasteiger partial charge on any atom is 0.321 e. The molecule has 0 radical (unpaired) electrons. The molecular formula is C30H47NO8. The van der Waals surface area contributed by atoms with Crippen molar-refractivity contribution in [1.29, 1.82) is 0 Å². The van der Waals surface area contributed by atoms with E-state index in [1.807, 2.05) is 34.6 Å². The molecule has 0 aliphatic rings. The molecule has 0 fully saturated rings. The normalized spacial score (nSPS) is 14.4. The lowest BCUT2D eigenvalue weighted by Crippen LogP contribution is -2.40. The van der Waals surface area contributed by atoms with Gasteiger partial charge in [0, 0.05) is 18.8 Å². The fraction of sp³-hybridized carbons (Fsp3) is 0.667. The fourth-order valence-corrected chi connectivity index (χ4v) is 4.11. The van der Waals surface area contributed by atoms with Gasteiger partial charge in [0.1, 0.15) is 6.04 Å². The van der Waals surface area contributed by atoms with Crippen LogP contribution in [0.1, 0.15) is 98.5 Å². The quantitative estimate of drug-likeness (QED) is 0.191. The van der Waals surface area contributed by atoms with Crippen LogP contribution in [0.25, 0.3) is 0 Å². The molecule has 3 N–H and O–H groups in total. The number of nitrogens with two attached hydrogens (primary N) is 1. The summed E-state index contributed by atoms with van der Waals surface area (Å²) in [4.78, 5) is 49.3. The SMILES string of the molecule is CCCC(C)C(=O)OCC(C)C(c1ccc(OC(=O)CCC(C)C)c(OC(=O)CCC(C)C)c1)[C@H](N)C(=O)O. The first kappa shape index (κ1) is 34.1. The highest BCUT2D eigenvalue weighted by atomic mass is 16.6. The third-order valence-electron chi connectivity index (χ3n) is 6.55. The molecule has 0 aliphatic heterocycles. The second-order valence-electron chi connectivity index (χ2n) is 11.2. The Labute approximate surface area is 232 Å². The number of hydrogen-bond donors (Lipinski definition) is 2. The Morgan fingerprint density at radius 1 is 0.846 bits per heavy atom. The highest BCUT2D eigenvalue weighted by Gasteiger charge is 2.33. The molecular weight excluding hydrogens is 502 g/mol.